The van der Waals surface area contributed by atoms with Crippen LogP contribution in [0.2, 0.25) is 0 Å². The summed E-state index contributed by atoms with van der Waals surface area (Å²) in [6.45, 7) is 1.99. The molecule has 2 N–H and O–H groups in total. The lowest BCUT2D eigenvalue weighted by Gasteiger charge is -2.14. The molecule has 0 aliphatic rings. The van der Waals surface area contributed by atoms with E-state index in [4.69, 9.17) is 9.84 Å². The Balaban J connectivity index is 2.11. The van der Waals surface area contributed by atoms with Gasteiger partial charge in [0.1, 0.15) is 5.56 Å². The maximum absolute atomic E-state index is 12.3. The molecule has 2 aromatic carbocycles. The number of nitrogens with one attached hydrogen (secondary N) is 1. The van der Waals surface area contributed by atoms with Crippen LogP contribution in [0, 0.1) is 0 Å². The van der Waals surface area contributed by atoms with Crippen molar-refractivity contribution in [3.8, 4) is 0 Å². The van der Waals surface area contributed by atoms with Gasteiger partial charge in [-0.3, -0.25) is 4.98 Å². The second kappa shape index (κ2) is 7.53. The molecule has 0 radical (unpaired) electrons. The summed E-state index contributed by atoms with van der Waals surface area (Å²) < 4.78 is 5.97. The zero-order chi connectivity index (χ0) is 18.7. The minimum atomic E-state index is -0.998. The van der Waals surface area contributed by atoms with Crippen molar-refractivity contribution in [2.24, 2.45) is 0 Å². The molecule has 7 heteroatoms. The summed E-state index contributed by atoms with van der Waals surface area (Å²) in [5.74, 6) is -1.48. The molecule has 0 atom stereocenters. The Hall–Kier alpha value is -2.93. The molecule has 0 saturated heterocycles. The average molecular weight is 415 g/mol. The third kappa shape index (κ3) is 3.67. The predicted octanol–water partition coefficient (Wildman–Crippen LogP) is 4.62. The molecule has 0 aliphatic heterocycles. The third-order valence-corrected chi connectivity index (χ3v) is 4.22. The predicted molar refractivity (Wildman–Crippen MR) is 102 cm³/mol. The Morgan fingerprint density at radius 2 is 1.92 bits per heavy atom. The van der Waals surface area contributed by atoms with Crippen LogP contribution in [0.25, 0.3) is 10.9 Å². The van der Waals surface area contributed by atoms with Gasteiger partial charge in [0.05, 0.1) is 23.4 Å². The number of hydrogen-bond acceptors (Lipinski definition) is 5. The average Bonchev–Trinajstić information content (AvgIpc) is 2.62. The van der Waals surface area contributed by atoms with Crippen molar-refractivity contribution in [1.82, 2.24) is 4.98 Å². The van der Waals surface area contributed by atoms with Gasteiger partial charge < -0.3 is 15.2 Å². The van der Waals surface area contributed by atoms with Crippen LogP contribution in [0.3, 0.4) is 0 Å². The first kappa shape index (κ1) is 17.9. The molecule has 0 bridgehead atoms. The molecular weight excluding hydrogens is 400 g/mol. The second-order valence-electron chi connectivity index (χ2n) is 5.44. The first-order valence-corrected chi connectivity index (χ1v) is 8.64. The molecule has 1 heterocycles. The molecular formula is C19H15BrN2O4. The molecule has 3 aromatic rings. The maximum atomic E-state index is 12.3. The van der Waals surface area contributed by atoms with Crippen LogP contribution >= 0.6 is 15.9 Å². The lowest BCUT2D eigenvalue weighted by atomic mass is 10.1. The van der Waals surface area contributed by atoms with Crippen LogP contribution in [-0.4, -0.2) is 28.6 Å². The number of hydrogen-bond donors (Lipinski definition) is 2. The smallest absolute Gasteiger partial charge is 0.341 e. The third-order valence-electron chi connectivity index (χ3n) is 3.73. The van der Waals surface area contributed by atoms with E-state index in [1.165, 1.54) is 18.3 Å². The highest BCUT2D eigenvalue weighted by Gasteiger charge is 2.17. The Labute approximate surface area is 157 Å². The monoisotopic (exact) mass is 414 g/mol. The first-order valence-electron chi connectivity index (χ1n) is 7.85. The number of rotatable bonds is 5. The molecule has 0 spiro atoms. The molecule has 1 aromatic heterocycles. The van der Waals surface area contributed by atoms with Crippen molar-refractivity contribution in [3.05, 3.63) is 64.3 Å². The fourth-order valence-electron chi connectivity index (χ4n) is 2.50. The fraction of sp³-hybridized carbons (Fsp3) is 0.105. The Kier molecular flexibility index (Phi) is 5.18. The quantitative estimate of drug-likeness (QED) is 0.592. The van der Waals surface area contributed by atoms with Crippen LogP contribution in [0.15, 0.2) is 53.1 Å². The van der Waals surface area contributed by atoms with Gasteiger partial charge in [-0.05, 0) is 49.4 Å². The van der Waals surface area contributed by atoms with Crippen molar-refractivity contribution in [2.75, 3.05) is 11.9 Å². The van der Waals surface area contributed by atoms with Crippen LogP contribution in [0.1, 0.15) is 27.6 Å². The van der Waals surface area contributed by atoms with Crippen LogP contribution < -0.4 is 5.32 Å². The summed E-state index contributed by atoms with van der Waals surface area (Å²) in [6.07, 6.45) is 1.47. The van der Waals surface area contributed by atoms with Crippen molar-refractivity contribution in [1.29, 1.82) is 0 Å². The Morgan fingerprint density at radius 1 is 1.19 bits per heavy atom. The number of ether oxygens (including phenoxy) is 1. The highest BCUT2D eigenvalue weighted by atomic mass is 79.9. The number of carboxylic acid groups (broad SMARTS) is 1. The zero-order valence-corrected chi connectivity index (χ0v) is 15.4. The Morgan fingerprint density at radius 3 is 2.58 bits per heavy atom. The highest BCUT2D eigenvalue weighted by molar-refractivity contribution is 9.10. The minimum absolute atomic E-state index is 0.184. The van der Waals surface area contributed by atoms with Crippen molar-refractivity contribution in [2.45, 2.75) is 6.92 Å². The summed E-state index contributed by atoms with van der Waals surface area (Å²) in [4.78, 5) is 27.7. The standard InChI is InChI=1S/C19H15BrN2O4/c1-2-26-19(25)15-10-21-16-8-5-12(20)9-14(16)17(15)22-13-6-3-11(4-7-13)18(23)24/h3-10H,2H2,1H3,(H,21,22)(H,23,24). The van der Waals surface area contributed by atoms with Gasteiger partial charge in [0.25, 0.3) is 0 Å². The van der Waals surface area contributed by atoms with Gasteiger partial charge in [-0.25, -0.2) is 9.59 Å². The number of anilines is 2. The summed E-state index contributed by atoms with van der Waals surface area (Å²) in [7, 11) is 0. The molecule has 6 nitrogen and oxygen atoms in total. The Bertz CT molecular complexity index is 987. The number of pyridine rings is 1. The molecule has 3 rings (SSSR count). The molecule has 0 aliphatic carbocycles. The van der Waals surface area contributed by atoms with Crippen molar-refractivity contribution in [3.63, 3.8) is 0 Å². The van der Waals surface area contributed by atoms with Gasteiger partial charge in [0.15, 0.2) is 0 Å². The number of aromatic nitrogens is 1. The number of carboxylic acids is 1. The molecule has 0 unspecified atom stereocenters. The SMILES string of the molecule is CCOC(=O)c1cnc2ccc(Br)cc2c1Nc1ccc(C(=O)O)cc1. The summed E-state index contributed by atoms with van der Waals surface area (Å²) >= 11 is 3.43. The van der Waals surface area contributed by atoms with Crippen LogP contribution in [-0.2, 0) is 4.74 Å². The first-order chi connectivity index (χ1) is 12.5. The largest absolute Gasteiger partial charge is 0.478 e. The number of aromatic carboxylic acids is 1. The van der Waals surface area contributed by atoms with Crippen LogP contribution in [0.4, 0.5) is 11.4 Å². The van der Waals surface area contributed by atoms with Crippen LogP contribution in [0.5, 0.6) is 0 Å². The number of esters is 1. The van der Waals surface area contributed by atoms with Gasteiger partial charge in [-0.1, -0.05) is 15.9 Å². The van der Waals surface area contributed by atoms with E-state index in [1.807, 2.05) is 18.2 Å². The second-order valence-corrected chi connectivity index (χ2v) is 6.35. The zero-order valence-electron chi connectivity index (χ0n) is 13.8. The van der Waals surface area contributed by atoms with Crippen molar-refractivity contribution < 1.29 is 19.4 Å². The summed E-state index contributed by atoms with van der Waals surface area (Å²) in [6, 6.07) is 11.8. The maximum Gasteiger partial charge on any atom is 0.341 e. The fourth-order valence-corrected chi connectivity index (χ4v) is 2.86. The van der Waals surface area contributed by atoms with Gasteiger partial charge in [-0.15, -0.1) is 0 Å². The molecule has 26 heavy (non-hydrogen) atoms. The number of benzene rings is 2. The number of carbonyl (C=O) groups is 2. The summed E-state index contributed by atoms with van der Waals surface area (Å²) in [5, 5.41) is 13.0. The lowest BCUT2D eigenvalue weighted by molar-refractivity contribution is 0.0526. The normalized spacial score (nSPS) is 10.5. The van der Waals surface area contributed by atoms with E-state index in [2.05, 4.69) is 26.2 Å². The van der Waals surface area contributed by atoms with Gasteiger partial charge >= 0.3 is 11.9 Å². The van der Waals surface area contributed by atoms with E-state index in [0.717, 1.165) is 9.86 Å². The van der Waals surface area contributed by atoms with E-state index >= 15 is 0 Å². The molecule has 0 saturated carbocycles. The number of fused-ring (bicyclic) bond motifs is 1. The molecule has 0 fully saturated rings. The van der Waals surface area contributed by atoms with E-state index in [9.17, 15) is 9.59 Å². The summed E-state index contributed by atoms with van der Waals surface area (Å²) in [5.41, 5.74) is 2.40. The topological polar surface area (TPSA) is 88.5 Å². The van der Waals surface area contributed by atoms with Crippen molar-refractivity contribution >= 4 is 50.1 Å². The van der Waals surface area contributed by atoms with E-state index in [0.29, 0.717) is 22.5 Å². The van der Waals surface area contributed by atoms with E-state index in [1.54, 1.807) is 19.1 Å². The highest BCUT2D eigenvalue weighted by Crippen LogP contribution is 2.31. The molecule has 0 amide bonds. The van der Waals surface area contributed by atoms with E-state index in [-0.39, 0.29) is 12.2 Å². The lowest BCUT2D eigenvalue weighted by Crippen LogP contribution is -2.09. The van der Waals surface area contributed by atoms with E-state index < -0.39 is 11.9 Å². The van der Waals surface area contributed by atoms with Gasteiger partial charge in [0.2, 0.25) is 0 Å². The number of carbonyl (C=O) groups excluding carboxylic acids is 1. The minimum Gasteiger partial charge on any atom is -0.478 e. The molecule has 132 valence electrons. The number of halogens is 1. The van der Waals surface area contributed by atoms with Gasteiger partial charge in [0, 0.05) is 21.7 Å². The number of nitrogens with zero attached hydrogens (tertiary/aromatic N) is 1. The van der Waals surface area contributed by atoms with Gasteiger partial charge in [-0.2, -0.15) is 0 Å².